The van der Waals surface area contributed by atoms with Crippen molar-refractivity contribution < 1.29 is 23.1 Å². The van der Waals surface area contributed by atoms with Crippen LogP contribution in [0, 0.1) is 5.92 Å². The van der Waals surface area contributed by atoms with Gasteiger partial charge in [0.15, 0.2) is 0 Å². The second-order valence-electron chi connectivity index (χ2n) is 7.25. The third kappa shape index (κ3) is 6.01. The fourth-order valence-corrected chi connectivity index (χ4v) is 3.48. The van der Waals surface area contributed by atoms with E-state index in [4.69, 9.17) is 0 Å². The minimum atomic E-state index is -2.85. The van der Waals surface area contributed by atoms with Crippen molar-refractivity contribution in [3.8, 4) is 5.75 Å². The van der Waals surface area contributed by atoms with Gasteiger partial charge in [0, 0.05) is 38.2 Å². The second-order valence-corrected chi connectivity index (χ2v) is 7.25. The van der Waals surface area contributed by atoms with Crippen molar-refractivity contribution in [2.45, 2.75) is 45.8 Å². The van der Waals surface area contributed by atoms with Gasteiger partial charge < -0.3 is 15.0 Å². The average Bonchev–Trinajstić information content (AvgIpc) is 3.20. The molecule has 0 radical (unpaired) electrons. The Kier molecular flexibility index (Phi) is 7.37. The highest BCUT2D eigenvalue weighted by molar-refractivity contribution is 5.92. The Balaban J connectivity index is 1.40. The number of aromatic nitrogens is 2. The van der Waals surface area contributed by atoms with Crippen molar-refractivity contribution in [2.24, 2.45) is 5.92 Å². The molecule has 2 amide bonds. The van der Waals surface area contributed by atoms with E-state index in [9.17, 15) is 18.4 Å². The number of likely N-dealkylation sites (tertiary alicyclic amines) is 1. The number of anilines is 1. The highest BCUT2D eigenvalue weighted by Gasteiger charge is 2.27. The molecular weight excluding hydrogens is 394 g/mol. The maximum Gasteiger partial charge on any atom is 0.387 e. The number of alkyl halides is 2. The molecule has 2 aromatic rings. The van der Waals surface area contributed by atoms with Crippen molar-refractivity contribution in [3.05, 3.63) is 42.2 Å². The second kappa shape index (κ2) is 10.2. The van der Waals surface area contributed by atoms with Gasteiger partial charge in [-0.05, 0) is 43.9 Å². The lowest BCUT2D eigenvalue weighted by molar-refractivity contribution is -0.134. The number of piperidine rings is 1. The zero-order valence-corrected chi connectivity index (χ0v) is 16.9. The minimum absolute atomic E-state index is 0.0333. The summed E-state index contributed by atoms with van der Waals surface area (Å²) in [6.07, 6.45) is 5.53. The molecule has 1 N–H and O–H groups in total. The summed E-state index contributed by atoms with van der Waals surface area (Å²) in [6, 6.07) is 6.31. The largest absolute Gasteiger partial charge is 0.435 e. The number of nitrogens with one attached hydrogen (secondary N) is 1. The molecule has 9 heteroatoms. The number of hydrogen-bond donors (Lipinski definition) is 1. The molecule has 1 aliphatic heterocycles. The van der Waals surface area contributed by atoms with E-state index in [1.54, 1.807) is 34.1 Å². The van der Waals surface area contributed by atoms with Crippen LogP contribution in [0.5, 0.6) is 5.75 Å². The fourth-order valence-electron chi connectivity index (χ4n) is 3.48. The first-order chi connectivity index (χ1) is 14.4. The minimum Gasteiger partial charge on any atom is -0.435 e. The molecule has 0 aliphatic carbocycles. The first-order valence-corrected chi connectivity index (χ1v) is 10.1. The molecule has 0 atom stereocenters. The summed E-state index contributed by atoms with van der Waals surface area (Å²) < 4.78 is 30.4. The number of benzene rings is 1. The Morgan fingerprint density at radius 1 is 1.23 bits per heavy atom. The average molecular weight is 420 g/mol. The standard InChI is InChI=1S/C21H26F2N4O3/c1-2-27-14-17(13-24-27)25-20(29)16-9-11-26(12-10-16)19(28)8-5-15-3-6-18(7-4-15)30-21(22)23/h3-4,6-7,13-14,16,21H,2,5,8-12H2,1H3,(H,25,29). The van der Waals surface area contributed by atoms with Crippen LogP contribution in [0.2, 0.25) is 0 Å². The van der Waals surface area contributed by atoms with E-state index in [0.717, 1.165) is 12.1 Å². The molecule has 1 fully saturated rings. The topological polar surface area (TPSA) is 76.5 Å². The van der Waals surface area contributed by atoms with Gasteiger partial charge in [0.1, 0.15) is 5.75 Å². The number of halogens is 2. The molecule has 162 valence electrons. The summed E-state index contributed by atoms with van der Waals surface area (Å²) in [7, 11) is 0. The lowest BCUT2D eigenvalue weighted by Crippen LogP contribution is -2.41. The third-order valence-electron chi connectivity index (χ3n) is 5.22. The molecule has 0 unspecified atom stereocenters. The van der Waals surface area contributed by atoms with E-state index in [2.05, 4.69) is 15.2 Å². The molecule has 1 aromatic carbocycles. The number of amides is 2. The van der Waals surface area contributed by atoms with Crippen molar-refractivity contribution in [1.82, 2.24) is 14.7 Å². The molecule has 30 heavy (non-hydrogen) atoms. The van der Waals surface area contributed by atoms with E-state index >= 15 is 0 Å². The van der Waals surface area contributed by atoms with Gasteiger partial charge in [0.05, 0.1) is 11.9 Å². The number of carbonyl (C=O) groups is 2. The van der Waals surface area contributed by atoms with Gasteiger partial charge in [-0.2, -0.15) is 13.9 Å². The summed E-state index contributed by atoms with van der Waals surface area (Å²) in [5.74, 6) is -0.0290. The van der Waals surface area contributed by atoms with Gasteiger partial charge in [0.2, 0.25) is 11.8 Å². The van der Waals surface area contributed by atoms with E-state index in [1.165, 1.54) is 12.1 Å². The van der Waals surface area contributed by atoms with Gasteiger partial charge >= 0.3 is 6.61 Å². The van der Waals surface area contributed by atoms with Crippen molar-refractivity contribution in [1.29, 1.82) is 0 Å². The normalized spacial score (nSPS) is 14.7. The molecule has 7 nitrogen and oxygen atoms in total. The third-order valence-corrected chi connectivity index (χ3v) is 5.22. The van der Waals surface area contributed by atoms with Gasteiger partial charge in [-0.15, -0.1) is 0 Å². The van der Waals surface area contributed by atoms with Gasteiger partial charge in [-0.1, -0.05) is 12.1 Å². The zero-order valence-electron chi connectivity index (χ0n) is 16.9. The summed E-state index contributed by atoms with van der Waals surface area (Å²) in [4.78, 5) is 26.7. The molecule has 2 heterocycles. The monoisotopic (exact) mass is 420 g/mol. The molecule has 1 aromatic heterocycles. The van der Waals surface area contributed by atoms with Crippen LogP contribution in [-0.4, -0.2) is 46.2 Å². The van der Waals surface area contributed by atoms with Gasteiger partial charge in [-0.25, -0.2) is 0 Å². The Morgan fingerprint density at radius 3 is 2.53 bits per heavy atom. The molecule has 0 saturated carbocycles. The van der Waals surface area contributed by atoms with E-state index < -0.39 is 6.61 Å². The van der Waals surface area contributed by atoms with Gasteiger partial charge in [0.25, 0.3) is 0 Å². The number of carbonyl (C=O) groups excluding carboxylic acids is 2. The lowest BCUT2D eigenvalue weighted by Gasteiger charge is -2.31. The number of ether oxygens (including phenoxy) is 1. The van der Waals surface area contributed by atoms with Crippen LogP contribution in [0.25, 0.3) is 0 Å². The Hall–Kier alpha value is -2.97. The van der Waals surface area contributed by atoms with Crippen LogP contribution >= 0.6 is 0 Å². The zero-order chi connectivity index (χ0) is 21.5. The molecule has 0 spiro atoms. The first-order valence-electron chi connectivity index (χ1n) is 10.1. The maximum absolute atomic E-state index is 12.5. The van der Waals surface area contributed by atoms with Crippen molar-refractivity contribution in [2.75, 3.05) is 18.4 Å². The molecule has 3 rings (SSSR count). The Labute approximate surface area is 174 Å². The highest BCUT2D eigenvalue weighted by atomic mass is 19.3. The first kappa shape index (κ1) is 21.7. The van der Waals surface area contributed by atoms with Gasteiger partial charge in [-0.3, -0.25) is 14.3 Å². The predicted octanol–water partition coefficient (Wildman–Crippen LogP) is 3.31. The maximum atomic E-state index is 12.5. The summed E-state index contributed by atoms with van der Waals surface area (Å²) in [6.45, 7) is 0.960. The predicted molar refractivity (Wildman–Crippen MR) is 107 cm³/mol. The van der Waals surface area contributed by atoms with Crippen LogP contribution in [0.3, 0.4) is 0 Å². The quantitative estimate of drug-likeness (QED) is 0.711. The Bertz CT molecular complexity index is 846. The molecule has 1 aliphatic rings. The molecular formula is C21H26F2N4O3. The number of aryl methyl sites for hydroxylation is 2. The van der Waals surface area contributed by atoms with Crippen LogP contribution in [-0.2, 0) is 22.6 Å². The fraction of sp³-hybridized carbons (Fsp3) is 0.476. The van der Waals surface area contributed by atoms with Crippen molar-refractivity contribution >= 4 is 17.5 Å². The Morgan fingerprint density at radius 2 is 1.93 bits per heavy atom. The number of hydrogen-bond acceptors (Lipinski definition) is 4. The molecule has 1 saturated heterocycles. The number of rotatable bonds is 8. The van der Waals surface area contributed by atoms with E-state index in [0.29, 0.717) is 44.5 Å². The van der Waals surface area contributed by atoms with Crippen LogP contribution in [0.15, 0.2) is 36.7 Å². The van der Waals surface area contributed by atoms with E-state index in [-0.39, 0.29) is 23.5 Å². The van der Waals surface area contributed by atoms with Crippen LogP contribution < -0.4 is 10.1 Å². The van der Waals surface area contributed by atoms with Crippen molar-refractivity contribution in [3.63, 3.8) is 0 Å². The lowest BCUT2D eigenvalue weighted by atomic mass is 9.95. The number of nitrogens with zero attached hydrogens (tertiary/aromatic N) is 3. The van der Waals surface area contributed by atoms with E-state index in [1.807, 2.05) is 6.92 Å². The van der Waals surface area contributed by atoms with Crippen LogP contribution in [0.4, 0.5) is 14.5 Å². The summed E-state index contributed by atoms with van der Waals surface area (Å²) in [5.41, 5.74) is 1.57. The van der Waals surface area contributed by atoms with Crippen LogP contribution in [0.1, 0.15) is 31.7 Å². The summed E-state index contributed by atoms with van der Waals surface area (Å²) >= 11 is 0. The highest BCUT2D eigenvalue weighted by Crippen LogP contribution is 2.21. The SMILES string of the molecule is CCn1cc(NC(=O)C2CCN(C(=O)CCc3ccc(OC(F)F)cc3)CC2)cn1. The molecule has 0 bridgehead atoms. The summed E-state index contributed by atoms with van der Waals surface area (Å²) in [5, 5.41) is 7.03. The smallest absolute Gasteiger partial charge is 0.387 e.